The summed E-state index contributed by atoms with van der Waals surface area (Å²) in [4.78, 5) is 26.4. The van der Waals surface area contributed by atoms with Gasteiger partial charge in [-0.3, -0.25) is 9.69 Å². The smallest absolute Gasteiger partial charge is 0.225 e. The normalized spacial score (nSPS) is 10.9. The predicted molar refractivity (Wildman–Crippen MR) is 125 cm³/mol. The number of nitrogens with zero attached hydrogens (tertiary/aromatic N) is 3. The fraction of sp³-hybridized carbons (Fsp3) is 0.174. The summed E-state index contributed by atoms with van der Waals surface area (Å²) >= 11 is 3.11. The van der Waals surface area contributed by atoms with Crippen LogP contribution in [-0.2, 0) is 10.5 Å². The van der Waals surface area contributed by atoms with Crippen LogP contribution in [0.5, 0.6) is 0 Å². The number of aromatic amines is 1. The lowest BCUT2D eigenvalue weighted by molar-refractivity contribution is -0.116. The zero-order valence-corrected chi connectivity index (χ0v) is 18.5. The number of amides is 1. The SMILES string of the molecule is CCN(C(C)=O)c1nc(CSc2nc(-c3ccccc3)c(-c3ccccc3)[nH]2)cs1. The average Bonchev–Trinajstić information content (AvgIpc) is 3.41. The maximum Gasteiger partial charge on any atom is 0.225 e. The van der Waals surface area contributed by atoms with E-state index in [1.54, 1.807) is 23.6 Å². The van der Waals surface area contributed by atoms with Gasteiger partial charge in [0.2, 0.25) is 5.91 Å². The van der Waals surface area contributed by atoms with Crippen molar-refractivity contribution >= 4 is 34.1 Å². The largest absolute Gasteiger partial charge is 0.332 e. The summed E-state index contributed by atoms with van der Waals surface area (Å²) in [7, 11) is 0. The third-order valence-corrected chi connectivity index (χ3v) is 6.43. The molecule has 1 amide bonds. The molecule has 0 atom stereocenters. The molecule has 0 fully saturated rings. The second-order valence-electron chi connectivity index (χ2n) is 6.67. The Morgan fingerprint density at radius 1 is 1.03 bits per heavy atom. The van der Waals surface area contributed by atoms with Crippen molar-refractivity contribution in [2.24, 2.45) is 0 Å². The van der Waals surface area contributed by atoms with Crippen molar-refractivity contribution in [3.8, 4) is 22.5 Å². The van der Waals surface area contributed by atoms with Crippen molar-refractivity contribution < 1.29 is 4.79 Å². The molecule has 5 nitrogen and oxygen atoms in total. The van der Waals surface area contributed by atoms with Gasteiger partial charge < -0.3 is 4.98 Å². The summed E-state index contributed by atoms with van der Waals surface area (Å²) in [6, 6.07) is 20.5. The number of thioether (sulfide) groups is 1. The van der Waals surface area contributed by atoms with Gasteiger partial charge in [-0.1, -0.05) is 72.4 Å². The van der Waals surface area contributed by atoms with Crippen LogP contribution in [0.3, 0.4) is 0 Å². The molecular formula is C23H22N4OS2. The second-order valence-corrected chi connectivity index (χ2v) is 8.47. The van der Waals surface area contributed by atoms with Gasteiger partial charge in [-0.05, 0) is 6.92 Å². The van der Waals surface area contributed by atoms with Gasteiger partial charge in [0.15, 0.2) is 10.3 Å². The van der Waals surface area contributed by atoms with Crippen LogP contribution in [0.25, 0.3) is 22.5 Å². The first-order chi connectivity index (χ1) is 14.7. The minimum Gasteiger partial charge on any atom is -0.332 e. The van der Waals surface area contributed by atoms with Gasteiger partial charge >= 0.3 is 0 Å². The number of hydrogen-bond acceptors (Lipinski definition) is 5. The highest BCUT2D eigenvalue weighted by atomic mass is 32.2. The lowest BCUT2D eigenvalue weighted by atomic mass is 10.1. The van der Waals surface area contributed by atoms with Crippen LogP contribution in [-0.4, -0.2) is 27.4 Å². The van der Waals surface area contributed by atoms with E-state index in [0.29, 0.717) is 12.3 Å². The van der Waals surface area contributed by atoms with Gasteiger partial charge in [-0.25, -0.2) is 9.97 Å². The molecule has 2 aromatic carbocycles. The molecular weight excluding hydrogens is 412 g/mol. The number of rotatable bonds is 7. The van der Waals surface area contributed by atoms with Crippen LogP contribution in [0.1, 0.15) is 19.5 Å². The maximum absolute atomic E-state index is 11.7. The van der Waals surface area contributed by atoms with Crippen molar-refractivity contribution in [3.63, 3.8) is 0 Å². The topological polar surface area (TPSA) is 61.9 Å². The molecule has 152 valence electrons. The van der Waals surface area contributed by atoms with E-state index in [9.17, 15) is 4.79 Å². The Hall–Kier alpha value is -2.90. The first-order valence-electron chi connectivity index (χ1n) is 9.72. The quantitative estimate of drug-likeness (QED) is 0.370. The molecule has 0 saturated heterocycles. The Bertz CT molecular complexity index is 1070. The molecule has 0 unspecified atom stereocenters. The monoisotopic (exact) mass is 434 g/mol. The fourth-order valence-corrected chi connectivity index (χ4v) is 4.96. The van der Waals surface area contributed by atoms with E-state index in [1.165, 1.54) is 11.3 Å². The van der Waals surface area contributed by atoms with Crippen molar-refractivity contribution in [1.82, 2.24) is 15.0 Å². The summed E-state index contributed by atoms with van der Waals surface area (Å²) in [6.07, 6.45) is 0. The van der Waals surface area contributed by atoms with Crippen LogP contribution in [0.4, 0.5) is 5.13 Å². The predicted octanol–water partition coefficient (Wildman–Crippen LogP) is 5.87. The van der Waals surface area contributed by atoms with Crippen LogP contribution in [0.2, 0.25) is 0 Å². The second kappa shape index (κ2) is 9.28. The molecule has 2 aromatic heterocycles. The molecule has 4 aromatic rings. The molecule has 0 aliphatic carbocycles. The molecule has 2 heterocycles. The number of nitrogens with one attached hydrogen (secondary N) is 1. The Balaban J connectivity index is 1.58. The van der Waals surface area contributed by atoms with Gasteiger partial charge in [0.1, 0.15) is 0 Å². The van der Waals surface area contributed by atoms with E-state index in [2.05, 4.69) is 34.2 Å². The maximum atomic E-state index is 11.7. The van der Waals surface area contributed by atoms with Gasteiger partial charge in [0, 0.05) is 35.7 Å². The zero-order valence-electron chi connectivity index (χ0n) is 16.8. The Morgan fingerprint density at radius 2 is 1.70 bits per heavy atom. The number of aromatic nitrogens is 3. The van der Waals surface area contributed by atoms with Crippen molar-refractivity contribution in [1.29, 1.82) is 0 Å². The van der Waals surface area contributed by atoms with E-state index in [-0.39, 0.29) is 5.91 Å². The van der Waals surface area contributed by atoms with E-state index in [1.807, 2.05) is 48.7 Å². The number of carbonyl (C=O) groups excluding carboxylic acids is 1. The van der Waals surface area contributed by atoms with E-state index >= 15 is 0 Å². The summed E-state index contributed by atoms with van der Waals surface area (Å²) in [6.45, 7) is 4.14. The fourth-order valence-electron chi connectivity index (χ4n) is 3.16. The number of H-pyrrole nitrogens is 1. The first-order valence-corrected chi connectivity index (χ1v) is 11.6. The number of anilines is 1. The van der Waals surface area contributed by atoms with E-state index < -0.39 is 0 Å². The van der Waals surface area contributed by atoms with Crippen LogP contribution in [0, 0.1) is 0 Å². The molecule has 1 N–H and O–H groups in total. The minimum absolute atomic E-state index is 0.0112. The highest BCUT2D eigenvalue weighted by Gasteiger charge is 2.16. The third-order valence-electron chi connectivity index (χ3n) is 4.62. The Labute approximate surface area is 184 Å². The van der Waals surface area contributed by atoms with E-state index in [0.717, 1.165) is 38.5 Å². The summed E-state index contributed by atoms with van der Waals surface area (Å²) in [5, 5.41) is 3.60. The Morgan fingerprint density at radius 3 is 2.33 bits per heavy atom. The highest BCUT2D eigenvalue weighted by Crippen LogP contribution is 2.34. The third kappa shape index (κ3) is 4.47. The molecule has 30 heavy (non-hydrogen) atoms. The van der Waals surface area contributed by atoms with Crippen LogP contribution in [0.15, 0.2) is 71.2 Å². The molecule has 0 radical (unpaired) electrons. The number of thiazole rings is 1. The van der Waals surface area contributed by atoms with E-state index in [4.69, 9.17) is 4.98 Å². The van der Waals surface area contributed by atoms with Crippen molar-refractivity contribution in [2.45, 2.75) is 24.8 Å². The number of benzene rings is 2. The van der Waals surface area contributed by atoms with Gasteiger partial charge in [-0.2, -0.15) is 0 Å². The van der Waals surface area contributed by atoms with Gasteiger partial charge in [0.25, 0.3) is 0 Å². The number of carbonyl (C=O) groups is 1. The lowest BCUT2D eigenvalue weighted by Gasteiger charge is -2.14. The standard InChI is InChI=1S/C23H22N4OS2/c1-3-27(16(2)28)23-24-19(15-30-23)14-29-22-25-20(17-10-6-4-7-11-17)21(26-22)18-12-8-5-9-13-18/h4-13,15H,3,14H2,1-2H3,(H,25,26). The summed E-state index contributed by atoms with van der Waals surface area (Å²) in [5.74, 6) is 0.694. The number of imidazole rings is 1. The van der Waals surface area contributed by atoms with Crippen molar-refractivity contribution in [2.75, 3.05) is 11.4 Å². The Kier molecular flexibility index (Phi) is 6.30. The molecule has 0 aliphatic heterocycles. The summed E-state index contributed by atoms with van der Waals surface area (Å²) < 4.78 is 0. The molecule has 0 bridgehead atoms. The first kappa shape index (κ1) is 20.4. The minimum atomic E-state index is 0.0112. The lowest BCUT2D eigenvalue weighted by Crippen LogP contribution is -2.27. The summed E-state index contributed by atoms with van der Waals surface area (Å²) in [5.41, 5.74) is 5.08. The zero-order chi connectivity index (χ0) is 20.9. The molecule has 0 saturated carbocycles. The van der Waals surface area contributed by atoms with Gasteiger partial charge in [-0.15, -0.1) is 11.3 Å². The number of hydrogen-bond donors (Lipinski definition) is 1. The van der Waals surface area contributed by atoms with Gasteiger partial charge in [0.05, 0.1) is 17.1 Å². The highest BCUT2D eigenvalue weighted by molar-refractivity contribution is 7.98. The molecule has 0 spiro atoms. The average molecular weight is 435 g/mol. The molecule has 7 heteroatoms. The molecule has 4 rings (SSSR count). The van der Waals surface area contributed by atoms with Crippen LogP contribution >= 0.6 is 23.1 Å². The molecule has 0 aliphatic rings. The van der Waals surface area contributed by atoms with Crippen LogP contribution < -0.4 is 4.90 Å². The van der Waals surface area contributed by atoms with Crippen molar-refractivity contribution in [3.05, 3.63) is 71.7 Å².